The fourth-order valence-electron chi connectivity index (χ4n) is 2.11. The molecular weight excluding hydrogens is 288 g/mol. The third-order valence-electron chi connectivity index (χ3n) is 3.19. The molecule has 0 aliphatic rings. The number of hydrogen-bond acceptors (Lipinski definition) is 3. The van der Waals surface area contributed by atoms with Crippen molar-refractivity contribution in [2.45, 2.75) is 0 Å². The summed E-state index contributed by atoms with van der Waals surface area (Å²) in [6, 6.07) is 11.2. The Morgan fingerprint density at radius 3 is 1.91 bits per heavy atom. The first kappa shape index (κ1) is 13.9. The number of hydrogen-bond donors (Lipinski definition) is 2. The highest BCUT2D eigenvalue weighted by molar-refractivity contribution is 5.78. The Balaban J connectivity index is 2.24. The van der Waals surface area contributed by atoms with Crippen molar-refractivity contribution in [3.63, 3.8) is 0 Å². The fourth-order valence-corrected chi connectivity index (χ4v) is 2.11. The summed E-state index contributed by atoms with van der Waals surface area (Å²) in [6.07, 6.45) is 0. The van der Waals surface area contributed by atoms with Crippen LogP contribution in [0.25, 0.3) is 22.5 Å². The van der Waals surface area contributed by atoms with Crippen LogP contribution in [0.4, 0.5) is 14.6 Å². The number of H-pyrrole nitrogens is 1. The normalized spacial score (nSPS) is 10.6. The highest BCUT2D eigenvalue weighted by atomic mass is 19.1. The van der Waals surface area contributed by atoms with Gasteiger partial charge in [0.15, 0.2) is 5.82 Å². The van der Waals surface area contributed by atoms with Crippen LogP contribution in [0.2, 0.25) is 0 Å². The second-order valence-electron chi connectivity index (χ2n) is 4.69. The summed E-state index contributed by atoms with van der Waals surface area (Å²) in [7, 11) is 0. The number of halogens is 2. The summed E-state index contributed by atoms with van der Waals surface area (Å²) in [5, 5.41) is 0. The molecule has 6 heteroatoms. The summed E-state index contributed by atoms with van der Waals surface area (Å²) >= 11 is 0. The maximum atomic E-state index is 13.1. The van der Waals surface area contributed by atoms with Gasteiger partial charge in [-0.3, -0.25) is 4.79 Å². The minimum atomic E-state index is -0.537. The van der Waals surface area contributed by atoms with Crippen molar-refractivity contribution in [1.82, 2.24) is 9.97 Å². The van der Waals surface area contributed by atoms with Crippen LogP contribution in [-0.2, 0) is 0 Å². The van der Waals surface area contributed by atoms with Crippen molar-refractivity contribution >= 4 is 5.82 Å². The van der Waals surface area contributed by atoms with Crippen molar-refractivity contribution in [3.8, 4) is 22.5 Å². The van der Waals surface area contributed by atoms with Gasteiger partial charge in [-0.2, -0.15) is 0 Å². The lowest BCUT2D eigenvalue weighted by Gasteiger charge is -2.10. The Labute approximate surface area is 124 Å². The van der Waals surface area contributed by atoms with E-state index in [0.29, 0.717) is 22.5 Å². The highest BCUT2D eigenvalue weighted by Gasteiger charge is 2.13. The van der Waals surface area contributed by atoms with E-state index in [1.807, 2.05) is 0 Å². The molecule has 1 aromatic heterocycles. The number of aromatic nitrogens is 2. The first-order chi connectivity index (χ1) is 10.5. The summed E-state index contributed by atoms with van der Waals surface area (Å²) in [6.45, 7) is 0. The average Bonchev–Trinajstić information content (AvgIpc) is 2.51. The van der Waals surface area contributed by atoms with Gasteiger partial charge in [-0.1, -0.05) is 0 Å². The molecule has 0 spiro atoms. The van der Waals surface area contributed by atoms with E-state index >= 15 is 0 Å². The number of nitrogens with two attached hydrogens (primary N) is 1. The fraction of sp³-hybridized carbons (Fsp3) is 0. The zero-order valence-electron chi connectivity index (χ0n) is 11.3. The molecule has 0 atom stereocenters. The Morgan fingerprint density at radius 1 is 0.864 bits per heavy atom. The molecule has 0 saturated carbocycles. The van der Waals surface area contributed by atoms with Gasteiger partial charge >= 0.3 is 0 Å². The molecule has 1 heterocycles. The van der Waals surface area contributed by atoms with E-state index in [2.05, 4.69) is 9.97 Å². The van der Waals surface area contributed by atoms with Gasteiger partial charge in [0.25, 0.3) is 5.56 Å². The quantitative estimate of drug-likeness (QED) is 0.764. The zero-order chi connectivity index (χ0) is 15.7. The van der Waals surface area contributed by atoms with Crippen molar-refractivity contribution in [2.75, 3.05) is 5.73 Å². The lowest BCUT2D eigenvalue weighted by molar-refractivity contribution is 0.627. The third kappa shape index (κ3) is 2.58. The van der Waals surface area contributed by atoms with Crippen molar-refractivity contribution in [1.29, 1.82) is 0 Å². The number of anilines is 1. The number of nitrogens with one attached hydrogen (secondary N) is 1. The van der Waals surface area contributed by atoms with E-state index in [0.717, 1.165) is 0 Å². The monoisotopic (exact) mass is 299 g/mol. The Kier molecular flexibility index (Phi) is 3.42. The molecule has 22 heavy (non-hydrogen) atoms. The van der Waals surface area contributed by atoms with Crippen LogP contribution in [-0.4, -0.2) is 9.97 Å². The molecule has 0 radical (unpaired) electrons. The number of nitrogens with zero attached hydrogens (tertiary/aromatic N) is 1. The molecule has 3 N–H and O–H groups in total. The van der Waals surface area contributed by atoms with Gasteiger partial charge in [0.2, 0.25) is 0 Å². The number of rotatable bonds is 2. The van der Waals surface area contributed by atoms with E-state index in [-0.39, 0.29) is 11.6 Å². The molecule has 0 amide bonds. The van der Waals surface area contributed by atoms with Crippen LogP contribution in [0.1, 0.15) is 0 Å². The zero-order valence-corrected chi connectivity index (χ0v) is 11.3. The third-order valence-corrected chi connectivity index (χ3v) is 3.19. The predicted molar refractivity (Wildman–Crippen MR) is 80.1 cm³/mol. The minimum Gasteiger partial charge on any atom is -0.379 e. The second kappa shape index (κ2) is 5.40. The Morgan fingerprint density at radius 2 is 1.36 bits per heavy atom. The SMILES string of the molecule is Nc1nc(-c2ccc(F)cc2)c(-c2ccc(F)cc2)[nH]c1=O. The summed E-state index contributed by atoms with van der Waals surface area (Å²) in [5.74, 6) is -0.965. The van der Waals surface area contributed by atoms with Crippen LogP contribution in [0.5, 0.6) is 0 Å². The summed E-state index contributed by atoms with van der Waals surface area (Å²) in [4.78, 5) is 18.5. The van der Waals surface area contributed by atoms with E-state index < -0.39 is 11.4 Å². The molecule has 0 fully saturated rings. The van der Waals surface area contributed by atoms with Gasteiger partial charge in [-0.15, -0.1) is 0 Å². The molecule has 0 saturated heterocycles. The lowest BCUT2D eigenvalue weighted by Crippen LogP contribution is -2.16. The van der Waals surface area contributed by atoms with Gasteiger partial charge in [0.05, 0.1) is 11.4 Å². The summed E-state index contributed by atoms with van der Waals surface area (Å²) < 4.78 is 26.1. The van der Waals surface area contributed by atoms with Crippen LogP contribution in [0.15, 0.2) is 53.3 Å². The molecule has 4 nitrogen and oxygen atoms in total. The Bertz CT molecular complexity index is 871. The van der Waals surface area contributed by atoms with Gasteiger partial charge in [-0.05, 0) is 48.5 Å². The lowest BCUT2D eigenvalue weighted by atomic mass is 10.0. The number of nitrogen functional groups attached to an aromatic ring is 1. The van der Waals surface area contributed by atoms with Gasteiger partial charge in [0.1, 0.15) is 11.6 Å². The Hall–Kier alpha value is -3.02. The largest absolute Gasteiger partial charge is 0.379 e. The van der Waals surface area contributed by atoms with Crippen LogP contribution in [0.3, 0.4) is 0 Å². The predicted octanol–water partition coefficient (Wildman–Crippen LogP) is 2.96. The van der Waals surface area contributed by atoms with Crippen LogP contribution < -0.4 is 11.3 Å². The smallest absolute Gasteiger partial charge is 0.290 e. The highest BCUT2D eigenvalue weighted by Crippen LogP contribution is 2.28. The van der Waals surface area contributed by atoms with E-state index in [9.17, 15) is 13.6 Å². The molecule has 0 unspecified atom stereocenters. The van der Waals surface area contributed by atoms with Crippen molar-refractivity contribution < 1.29 is 8.78 Å². The van der Waals surface area contributed by atoms with E-state index in [1.165, 1.54) is 48.5 Å². The molecule has 0 aliphatic heterocycles. The van der Waals surface area contributed by atoms with E-state index in [1.54, 1.807) is 0 Å². The molecule has 0 bridgehead atoms. The molecular formula is C16H11F2N3O. The minimum absolute atomic E-state index is 0.190. The number of benzene rings is 2. The maximum absolute atomic E-state index is 13.1. The molecule has 3 aromatic rings. The van der Waals surface area contributed by atoms with Gasteiger partial charge in [-0.25, -0.2) is 13.8 Å². The molecule has 0 aliphatic carbocycles. The van der Waals surface area contributed by atoms with Crippen LogP contribution in [0, 0.1) is 11.6 Å². The standard InChI is InChI=1S/C16H11F2N3O/c17-11-5-1-9(2-6-11)13-14(21-16(22)15(19)20-13)10-3-7-12(18)8-4-10/h1-8H,(H2,19,20)(H,21,22). The number of aromatic amines is 1. The molecule has 110 valence electrons. The van der Waals surface area contributed by atoms with Crippen molar-refractivity contribution in [3.05, 3.63) is 70.5 Å². The van der Waals surface area contributed by atoms with E-state index in [4.69, 9.17) is 5.73 Å². The summed E-state index contributed by atoms with van der Waals surface area (Å²) in [5.41, 5.74) is 6.98. The van der Waals surface area contributed by atoms with Gasteiger partial charge in [0, 0.05) is 11.1 Å². The van der Waals surface area contributed by atoms with Crippen molar-refractivity contribution in [2.24, 2.45) is 0 Å². The van der Waals surface area contributed by atoms with Gasteiger partial charge < -0.3 is 10.7 Å². The first-order valence-electron chi connectivity index (χ1n) is 6.46. The molecule has 2 aromatic carbocycles. The maximum Gasteiger partial charge on any atom is 0.290 e. The molecule has 3 rings (SSSR count). The first-order valence-corrected chi connectivity index (χ1v) is 6.46. The second-order valence-corrected chi connectivity index (χ2v) is 4.69. The average molecular weight is 299 g/mol. The van der Waals surface area contributed by atoms with Crippen LogP contribution >= 0.6 is 0 Å². The topological polar surface area (TPSA) is 71.8 Å².